The molecule has 2 atom stereocenters. The molecule has 0 aromatic carbocycles. The highest BCUT2D eigenvalue weighted by molar-refractivity contribution is 5.92. The summed E-state index contributed by atoms with van der Waals surface area (Å²) in [6, 6.07) is 0. The zero-order valence-corrected chi connectivity index (χ0v) is 19.8. The van der Waals surface area contributed by atoms with Crippen molar-refractivity contribution in [3.63, 3.8) is 0 Å². The normalized spacial score (nSPS) is 23.1. The molecule has 2 fully saturated rings. The smallest absolute Gasteiger partial charge is 0.342 e. The molecule has 2 rings (SSSR count). The molecule has 30 heavy (non-hydrogen) atoms. The van der Waals surface area contributed by atoms with Gasteiger partial charge in [-0.05, 0) is 67.2 Å². The van der Waals surface area contributed by atoms with E-state index in [1.54, 1.807) is 41.5 Å². The van der Waals surface area contributed by atoms with E-state index in [2.05, 4.69) is 0 Å². The third-order valence-electron chi connectivity index (χ3n) is 6.28. The van der Waals surface area contributed by atoms with Crippen molar-refractivity contribution in [3.8, 4) is 0 Å². The lowest BCUT2D eigenvalue weighted by molar-refractivity contribution is -0.252. The third-order valence-corrected chi connectivity index (χ3v) is 6.28. The Morgan fingerprint density at radius 3 is 1.20 bits per heavy atom. The molecule has 0 spiro atoms. The molecule has 0 aliphatic heterocycles. The molecule has 2 aliphatic carbocycles. The first kappa shape index (κ1) is 25.1. The van der Waals surface area contributed by atoms with E-state index < -0.39 is 23.1 Å². The minimum absolute atomic E-state index is 0.107. The van der Waals surface area contributed by atoms with Gasteiger partial charge in [-0.15, -0.1) is 0 Å². The molecule has 0 saturated heterocycles. The lowest BCUT2D eigenvalue weighted by Gasteiger charge is -2.46. The van der Waals surface area contributed by atoms with E-state index >= 15 is 0 Å². The second-order valence-corrected chi connectivity index (χ2v) is 9.73. The first-order valence-corrected chi connectivity index (χ1v) is 11.9. The molecule has 2 saturated carbocycles. The van der Waals surface area contributed by atoms with Crippen molar-refractivity contribution < 1.29 is 28.5 Å². The molecule has 0 aromatic heterocycles. The van der Waals surface area contributed by atoms with Gasteiger partial charge in [-0.3, -0.25) is 0 Å². The second kappa shape index (κ2) is 10.9. The van der Waals surface area contributed by atoms with Gasteiger partial charge in [-0.2, -0.15) is 0 Å². The molecule has 0 bridgehead atoms. The summed E-state index contributed by atoms with van der Waals surface area (Å²) in [5, 5.41) is 0. The number of hydrogen-bond acceptors (Lipinski definition) is 6. The average molecular weight is 427 g/mol. The molecular formula is C24H42O6. The number of esters is 2. The Kier molecular flexibility index (Phi) is 9.16. The summed E-state index contributed by atoms with van der Waals surface area (Å²) in [6.07, 6.45) is 9.13. The van der Waals surface area contributed by atoms with Gasteiger partial charge in [-0.1, -0.05) is 38.5 Å². The third kappa shape index (κ3) is 6.19. The number of hydrogen-bond donors (Lipinski definition) is 0. The Morgan fingerprint density at radius 2 is 0.933 bits per heavy atom. The van der Waals surface area contributed by atoms with Gasteiger partial charge in [-0.25, -0.2) is 9.59 Å². The molecule has 0 amide bonds. The molecule has 0 aromatic rings. The minimum Gasteiger partial charge on any atom is -0.461 e. The molecule has 0 N–H and O–H groups in total. The van der Waals surface area contributed by atoms with Crippen LogP contribution in [0, 0.1) is 0 Å². The maximum atomic E-state index is 13.4. The predicted octanol–water partition coefficient (Wildman–Crippen LogP) is 5.11. The van der Waals surface area contributed by atoms with E-state index in [1.807, 2.05) is 0 Å². The monoisotopic (exact) mass is 426 g/mol. The van der Waals surface area contributed by atoms with Crippen molar-refractivity contribution in [2.24, 2.45) is 0 Å². The van der Waals surface area contributed by atoms with Crippen LogP contribution in [0.25, 0.3) is 0 Å². The van der Waals surface area contributed by atoms with Gasteiger partial charge >= 0.3 is 11.9 Å². The van der Waals surface area contributed by atoms with Crippen molar-refractivity contribution in [1.82, 2.24) is 0 Å². The van der Waals surface area contributed by atoms with E-state index in [0.29, 0.717) is 0 Å². The van der Waals surface area contributed by atoms with E-state index in [4.69, 9.17) is 18.9 Å². The van der Waals surface area contributed by atoms with E-state index in [-0.39, 0.29) is 24.4 Å². The van der Waals surface area contributed by atoms with Crippen molar-refractivity contribution in [2.75, 3.05) is 0 Å². The highest BCUT2D eigenvalue weighted by Crippen LogP contribution is 2.39. The molecule has 2 unspecified atom stereocenters. The molecule has 0 heterocycles. The van der Waals surface area contributed by atoms with Crippen molar-refractivity contribution in [1.29, 1.82) is 0 Å². The quantitative estimate of drug-likeness (QED) is 0.477. The predicted molar refractivity (Wildman–Crippen MR) is 115 cm³/mol. The summed E-state index contributed by atoms with van der Waals surface area (Å²) < 4.78 is 24.1. The van der Waals surface area contributed by atoms with Gasteiger partial charge in [0, 0.05) is 0 Å². The Hall–Kier alpha value is -1.14. The van der Waals surface area contributed by atoms with Crippen LogP contribution in [-0.2, 0) is 28.5 Å². The first-order valence-electron chi connectivity index (χ1n) is 11.9. The number of ether oxygens (including phenoxy) is 4. The average Bonchev–Trinajstić information content (AvgIpc) is 2.68. The summed E-state index contributed by atoms with van der Waals surface area (Å²) in [5.41, 5.74) is -3.19. The molecule has 6 nitrogen and oxygen atoms in total. The van der Waals surface area contributed by atoms with Crippen LogP contribution in [0.5, 0.6) is 0 Å². The van der Waals surface area contributed by atoms with Crippen LogP contribution in [0.2, 0.25) is 0 Å². The molecule has 0 radical (unpaired) electrons. The lowest BCUT2D eigenvalue weighted by atomic mass is 9.83. The fraction of sp³-hybridized carbons (Fsp3) is 0.917. The van der Waals surface area contributed by atoms with Gasteiger partial charge in [0.15, 0.2) is 0 Å². The van der Waals surface area contributed by atoms with Crippen LogP contribution in [-0.4, -0.2) is 47.6 Å². The number of carbonyl (C=O) groups is 2. The minimum atomic E-state index is -1.59. The van der Waals surface area contributed by atoms with Gasteiger partial charge in [0.05, 0.1) is 24.4 Å². The SMILES string of the molecule is CC(C)OC(=O)C(C)(OC1CCCCC1)C(C)(OC1CCCCC1)C(=O)OC(C)C. The summed E-state index contributed by atoms with van der Waals surface area (Å²) in [5.74, 6) is -1.14. The van der Waals surface area contributed by atoms with Gasteiger partial charge < -0.3 is 18.9 Å². The lowest BCUT2D eigenvalue weighted by Crippen LogP contribution is -2.66. The fourth-order valence-corrected chi connectivity index (χ4v) is 4.40. The van der Waals surface area contributed by atoms with Crippen LogP contribution >= 0.6 is 0 Å². The van der Waals surface area contributed by atoms with Crippen LogP contribution < -0.4 is 0 Å². The topological polar surface area (TPSA) is 71.1 Å². The van der Waals surface area contributed by atoms with E-state index in [9.17, 15) is 9.59 Å². The van der Waals surface area contributed by atoms with E-state index in [0.717, 1.165) is 64.2 Å². The zero-order valence-electron chi connectivity index (χ0n) is 19.8. The van der Waals surface area contributed by atoms with Crippen LogP contribution in [0.4, 0.5) is 0 Å². The van der Waals surface area contributed by atoms with Gasteiger partial charge in [0.2, 0.25) is 11.2 Å². The Balaban J connectivity index is 2.41. The van der Waals surface area contributed by atoms with Crippen LogP contribution in [0.3, 0.4) is 0 Å². The standard InChI is InChI=1S/C24H42O6/c1-17(2)27-21(25)23(5,29-19-13-9-7-10-14-19)24(6,22(26)28-18(3)4)30-20-15-11-8-12-16-20/h17-20H,7-16H2,1-6H3. The summed E-state index contributed by atoms with van der Waals surface area (Å²) in [7, 11) is 0. The molecule has 174 valence electrons. The Labute approximate surface area is 182 Å². The fourth-order valence-electron chi connectivity index (χ4n) is 4.40. The largest absolute Gasteiger partial charge is 0.461 e. The maximum Gasteiger partial charge on any atom is 0.342 e. The Bertz CT molecular complexity index is 512. The van der Waals surface area contributed by atoms with Crippen molar-refractivity contribution >= 4 is 11.9 Å². The van der Waals surface area contributed by atoms with Crippen molar-refractivity contribution in [2.45, 2.75) is 141 Å². The highest BCUT2D eigenvalue weighted by Gasteiger charge is 2.62. The van der Waals surface area contributed by atoms with Crippen LogP contribution in [0.1, 0.15) is 106 Å². The highest BCUT2D eigenvalue weighted by atomic mass is 16.6. The molecular weight excluding hydrogens is 384 g/mol. The van der Waals surface area contributed by atoms with Gasteiger partial charge in [0.1, 0.15) is 0 Å². The summed E-state index contributed by atoms with van der Waals surface area (Å²) in [4.78, 5) is 26.8. The number of carbonyl (C=O) groups excluding carboxylic acids is 2. The van der Waals surface area contributed by atoms with E-state index in [1.165, 1.54) is 0 Å². The second-order valence-electron chi connectivity index (χ2n) is 9.73. The maximum absolute atomic E-state index is 13.4. The summed E-state index contributed by atoms with van der Waals surface area (Å²) >= 11 is 0. The molecule has 6 heteroatoms. The number of rotatable bonds is 9. The first-order chi connectivity index (χ1) is 14.1. The zero-order chi connectivity index (χ0) is 22.4. The van der Waals surface area contributed by atoms with Crippen LogP contribution in [0.15, 0.2) is 0 Å². The summed E-state index contributed by atoms with van der Waals surface area (Å²) in [6.45, 7) is 10.5. The van der Waals surface area contributed by atoms with Crippen molar-refractivity contribution in [3.05, 3.63) is 0 Å². The molecule has 2 aliphatic rings. The Morgan fingerprint density at radius 1 is 0.633 bits per heavy atom. The van der Waals surface area contributed by atoms with Gasteiger partial charge in [0.25, 0.3) is 0 Å².